The molecule has 0 bridgehead atoms. The van der Waals surface area contributed by atoms with Crippen LogP contribution in [0, 0.1) is 0 Å². The third-order valence-electron chi connectivity index (χ3n) is 4.29. The Bertz CT molecular complexity index is 960. The normalized spacial score (nSPS) is 10.7. The Morgan fingerprint density at radius 2 is 1.90 bits per heavy atom. The lowest BCUT2D eigenvalue weighted by Gasteiger charge is -2.10. The van der Waals surface area contributed by atoms with Crippen LogP contribution in [0.2, 0.25) is 0 Å². The molecule has 0 radical (unpaired) electrons. The van der Waals surface area contributed by atoms with Crippen molar-refractivity contribution in [2.45, 2.75) is 38.6 Å². The Morgan fingerprint density at radius 1 is 1.14 bits per heavy atom. The second-order valence-corrected chi connectivity index (χ2v) is 8.04. The van der Waals surface area contributed by atoms with Gasteiger partial charge in [0.2, 0.25) is 5.91 Å². The molecular weight excluding hydrogens is 452 g/mol. The Kier molecular flexibility index (Phi) is 7.71. The fourth-order valence-corrected chi connectivity index (χ4v) is 3.90. The fraction of sp³-hybridized carbons (Fsp3) is 0.286. The van der Waals surface area contributed by atoms with Crippen molar-refractivity contribution in [3.05, 3.63) is 64.4 Å². The van der Waals surface area contributed by atoms with E-state index in [0.29, 0.717) is 18.3 Å². The highest BCUT2D eigenvalue weighted by Crippen LogP contribution is 2.23. The van der Waals surface area contributed by atoms with Crippen molar-refractivity contribution < 1.29 is 9.53 Å². The number of carbonyl (C=O) groups is 1. The molecule has 0 unspecified atom stereocenters. The summed E-state index contributed by atoms with van der Waals surface area (Å²) in [4.78, 5) is 12.3. The van der Waals surface area contributed by atoms with Crippen LogP contribution in [0.1, 0.15) is 25.2 Å². The summed E-state index contributed by atoms with van der Waals surface area (Å²) in [7, 11) is 0. The zero-order valence-corrected chi connectivity index (χ0v) is 18.8. The van der Waals surface area contributed by atoms with Gasteiger partial charge in [0.1, 0.15) is 12.4 Å². The van der Waals surface area contributed by atoms with Gasteiger partial charge in [0.15, 0.2) is 11.0 Å². The van der Waals surface area contributed by atoms with E-state index in [1.165, 1.54) is 17.3 Å². The van der Waals surface area contributed by atoms with Gasteiger partial charge in [-0.2, -0.15) is 0 Å². The molecule has 3 aromatic rings. The van der Waals surface area contributed by atoms with Crippen LogP contribution in [0.25, 0.3) is 0 Å². The number of rotatable bonds is 9. The smallest absolute Gasteiger partial charge is 0.234 e. The summed E-state index contributed by atoms with van der Waals surface area (Å²) >= 11 is 4.79. The van der Waals surface area contributed by atoms with Crippen LogP contribution >= 0.6 is 27.7 Å². The van der Waals surface area contributed by atoms with Crippen LogP contribution < -0.4 is 10.1 Å². The Labute approximate surface area is 183 Å². The first kappa shape index (κ1) is 21.4. The largest absolute Gasteiger partial charge is 0.486 e. The molecule has 6 nitrogen and oxygen atoms in total. The maximum Gasteiger partial charge on any atom is 0.234 e. The summed E-state index contributed by atoms with van der Waals surface area (Å²) in [5, 5.41) is 12.1. The van der Waals surface area contributed by atoms with Gasteiger partial charge in [0, 0.05) is 11.0 Å². The standard InChI is InChI=1S/C21H23BrN4O2S/c1-3-15-9-11-16(12-10-15)28-13-19-24-25-21(26(19)4-2)29-14-20(27)23-18-8-6-5-7-17(18)22/h5-12H,3-4,13-14H2,1-2H3,(H,23,27). The van der Waals surface area contributed by atoms with Crippen LogP contribution in [-0.4, -0.2) is 26.4 Å². The average molecular weight is 475 g/mol. The van der Waals surface area contributed by atoms with E-state index in [1.54, 1.807) is 0 Å². The Morgan fingerprint density at radius 3 is 2.59 bits per heavy atom. The molecular formula is C21H23BrN4O2S. The first-order chi connectivity index (χ1) is 14.1. The Balaban J connectivity index is 1.57. The molecule has 0 atom stereocenters. The number of thioether (sulfide) groups is 1. The molecule has 29 heavy (non-hydrogen) atoms. The van der Waals surface area contributed by atoms with Gasteiger partial charge in [-0.1, -0.05) is 43.0 Å². The van der Waals surface area contributed by atoms with Gasteiger partial charge in [0.05, 0.1) is 11.4 Å². The SMILES string of the molecule is CCc1ccc(OCc2nnc(SCC(=O)Nc3ccccc3Br)n2CC)cc1. The molecule has 152 valence electrons. The lowest BCUT2D eigenvalue weighted by Crippen LogP contribution is -2.15. The number of benzene rings is 2. The zero-order valence-electron chi connectivity index (χ0n) is 16.4. The monoisotopic (exact) mass is 474 g/mol. The number of ether oxygens (including phenoxy) is 1. The zero-order chi connectivity index (χ0) is 20.6. The molecule has 0 saturated heterocycles. The van der Waals surface area contributed by atoms with Crippen LogP contribution in [0.3, 0.4) is 0 Å². The van der Waals surface area contributed by atoms with E-state index >= 15 is 0 Å². The number of aromatic nitrogens is 3. The number of amides is 1. The summed E-state index contributed by atoms with van der Waals surface area (Å²) < 4.78 is 8.67. The molecule has 2 aromatic carbocycles. The molecule has 1 amide bonds. The number of para-hydroxylation sites is 1. The third-order valence-corrected chi connectivity index (χ3v) is 5.95. The van der Waals surface area contributed by atoms with Gasteiger partial charge in [-0.25, -0.2) is 0 Å². The first-order valence-electron chi connectivity index (χ1n) is 9.41. The molecule has 1 N–H and O–H groups in total. The van der Waals surface area contributed by atoms with Gasteiger partial charge < -0.3 is 14.6 Å². The molecule has 1 heterocycles. The van der Waals surface area contributed by atoms with Crippen molar-refractivity contribution in [2.75, 3.05) is 11.1 Å². The number of nitrogens with zero attached hydrogens (tertiary/aromatic N) is 3. The van der Waals surface area contributed by atoms with Crippen molar-refractivity contribution in [2.24, 2.45) is 0 Å². The van der Waals surface area contributed by atoms with Crippen molar-refractivity contribution >= 4 is 39.3 Å². The molecule has 1 aromatic heterocycles. The topological polar surface area (TPSA) is 69.0 Å². The highest BCUT2D eigenvalue weighted by Gasteiger charge is 2.14. The molecule has 0 saturated carbocycles. The first-order valence-corrected chi connectivity index (χ1v) is 11.2. The van der Waals surface area contributed by atoms with E-state index in [-0.39, 0.29) is 11.7 Å². The van der Waals surface area contributed by atoms with Crippen LogP contribution in [0.4, 0.5) is 5.69 Å². The minimum absolute atomic E-state index is 0.0960. The van der Waals surface area contributed by atoms with E-state index in [0.717, 1.165) is 28.2 Å². The van der Waals surface area contributed by atoms with Gasteiger partial charge in [-0.15, -0.1) is 10.2 Å². The summed E-state index contributed by atoms with van der Waals surface area (Å²) in [5.41, 5.74) is 2.02. The van der Waals surface area contributed by atoms with Crippen LogP contribution in [-0.2, 0) is 24.4 Å². The van der Waals surface area contributed by atoms with E-state index in [9.17, 15) is 4.79 Å². The molecule has 0 aliphatic carbocycles. The van der Waals surface area contributed by atoms with E-state index < -0.39 is 0 Å². The number of hydrogen-bond donors (Lipinski definition) is 1. The quantitative estimate of drug-likeness (QED) is 0.445. The molecule has 3 rings (SSSR count). The molecule has 8 heteroatoms. The lowest BCUT2D eigenvalue weighted by atomic mass is 10.2. The number of anilines is 1. The van der Waals surface area contributed by atoms with E-state index in [1.807, 2.05) is 47.9 Å². The average Bonchev–Trinajstić information content (AvgIpc) is 3.14. The van der Waals surface area contributed by atoms with Crippen molar-refractivity contribution in [1.29, 1.82) is 0 Å². The maximum atomic E-state index is 12.3. The number of hydrogen-bond acceptors (Lipinski definition) is 5. The minimum atomic E-state index is -0.0960. The minimum Gasteiger partial charge on any atom is -0.486 e. The summed E-state index contributed by atoms with van der Waals surface area (Å²) in [6, 6.07) is 15.6. The van der Waals surface area contributed by atoms with Crippen molar-refractivity contribution in [3.8, 4) is 5.75 Å². The lowest BCUT2D eigenvalue weighted by molar-refractivity contribution is -0.113. The van der Waals surface area contributed by atoms with Gasteiger partial charge in [-0.05, 0) is 59.1 Å². The summed E-state index contributed by atoms with van der Waals surface area (Å²) in [6.45, 7) is 5.18. The van der Waals surface area contributed by atoms with Gasteiger partial charge >= 0.3 is 0 Å². The number of nitrogens with one attached hydrogen (secondary N) is 1. The van der Waals surface area contributed by atoms with Gasteiger partial charge in [0.25, 0.3) is 0 Å². The van der Waals surface area contributed by atoms with E-state index in [2.05, 4.69) is 50.5 Å². The molecule has 0 aliphatic rings. The predicted octanol–water partition coefficient (Wildman–Crippen LogP) is 4.93. The predicted molar refractivity (Wildman–Crippen MR) is 119 cm³/mol. The molecule has 0 fully saturated rings. The maximum absolute atomic E-state index is 12.3. The van der Waals surface area contributed by atoms with Crippen LogP contribution in [0.15, 0.2) is 58.2 Å². The number of carbonyl (C=O) groups excluding carboxylic acids is 1. The molecule has 0 spiro atoms. The van der Waals surface area contributed by atoms with Crippen molar-refractivity contribution in [3.63, 3.8) is 0 Å². The second-order valence-electron chi connectivity index (χ2n) is 6.25. The third kappa shape index (κ3) is 5.83. The fourth-order valence-electron chi connectivity index (χ4n) is 2.70. The highest BCUT2D eigenvalue weighted by atomic mass is 79.9. The van der Waals surface area contributed by atoms with Crippen LogP contribution in [0.5, 0.6) is 5.75 Å². The summed E-state index contributed by atoms with van der Waals surface area (Å²) in [5.74, 6) is 1.69. The van der Waals surface area contributed by atoms with Gasteiger partial charge in [-0.3, -0.25) is 4.79 Å². The number of halogens is 1. The van der Waals surface area contributed by atoms with E-state index in [4.69, 9.17) is 4.74 Å². The second kappa shape index (κ2) is 10.5. The highest BCUT2D eigenvalue weighted by molar-refractivity contribution is 9.10. The Hall–Kier alpha value is -2.32. The van der Waals surface area contributed by atoms with Crippen molar-refractivity contribution in [1.82, 2.24) is 14.8 Å². The summed E-state index contributed by atoms with van der Waals surface area (Å²) in [6.07, 6.45) is 1.000. The number of aryl methyl sites for hydroxylation is 1. The molecule has 0 aliphatic heterocycles.